The van der Waals surface area contributed by atoms with Crippen molar-refractivity contribution < 1.29 is 86.9 Å². The molecule has 3 aliphatic heterocycles. The van der Waals surface area contributed by atoms with Gasteiger partial charge in [0, 0.05) is 63.0 Å². The number of aliphatic hydroxyl groups excluding tert-OH is 2. The summed E-state index contributed by atoms with van der Waals surface area (Å²) in [5.41, 5.74) is 8.20. The van der Waals surface area contributed by atoms with Gasteiger partial charge in [0.05, 0.1) is 42.9 Å². The largest absolute Gasteiger partial charge is 0.457 e. The lowest BCUT2D eigenvalue weighted by Gasteiger charge is -2.38. The number of carbonyl (C=O) groups excluding carboxylic acids is 9. The molecular weight excluding hydrogens is 1200 g/mol. The number of carbonyl (C=O) groups is 9. The number of esters is 2. The molecule has 3 aromatic carbocycles. The van der Waals surface area contributed by atoms with Gasteiger partial charge in [-0.2, -0.15) is 0 Å². The van der Waals surface area contributed by atoms with Crippen LogP contribution in [0.25, 0.3) is 11.1 Å². The number of allylic oxidation sites excluding steroid dienone is 2. The SMILES string of the molecule is CC[C@H](O)[C@@H](C)[C@H]1O[C@@H]1C[C@@](C)(O)/C=C/C=C(\C)[C@H]1OC(=O)C[C@H](O)CC[C@@](C)(OC(C)=O)[C@@H](OC(=O)N2CCN(C(=O)OCc3ccc(NC(=O)[C@H](CC(N)=O)NC(=O)[C@H](C)NC(=O)[C@H](C)NC(=O)OCC4c5ccccc5-c5ccccc54)cc3)CC2)/C=C\[C@@H]1C. The minimum absolute atomic E-state index is 0.0101. The number of nitrogens with two attached hydrogens (primary N) is 1. The Morgan fingerprint density at radius 2 is 1.43 bits per heavy atom. The van der Waals surface area contributed by atoms with Gasteiger partial charge in [0.2, 0.25) is 23.6 Å². The number of benzene rings is 3. The van der Waals surface area contributed by atoms with Crippen LogP contribution >= 0.6 is 0 Å². The summed E-state index contributed by atoms with van der Waals surface area (Å²) in [5, 5.41) is 42.5. The molecule has 0 unspecified atom stereocenters. The quantitative estimate of drug-likeness (QED) is 0.0178. The Morgan fingerprint density at radius 3 is 2.04 bits per heavy atom. The van der Waals surface area contributed by atoms with Gasteiger partial charge in [0.25, 0.3) is 0 Å². The molecule has 2 fully saturated rings. The first-order valence-corrected chi connectivity index (χ1v) is 31.5. The third kappa shape index (κ3) is 20.2. The van der Waals surface area contributed by atoms with Crippen LogP contribution < -0.4 is 27.0 Å². The van der Waals surface area contributed by atoms with Gasteiger partial charge in [-0.15, -0.1) is 0 Å². The molecular formula is C68H89N7O18. The normalized spacial score (nSPS) is 24.2. The number of primary amides is 1. The molecule has 2 saturated heterocycles. The summed E-state index contributed by atoms with van der Waals surface area (Å²) in [6.45, 7) is 14.6. The lowest BCUT2D eigenvalue weighted by molar-refractivity contribution is -0.168. The number of alkyl carbamates (subject to hydrolysis) is 1. The van der Waals surface area contributed by atoms with Crippen molar-refractivity contribution in [2.45, 2.75) is 179 Å². The molecule has 504 valence electrons. The van der Waals surface area contributed by atoms with E-state index in [1.807, 2.05) is 62.4 Å². The van der Waals surface area contributed by atoms with E-state index in [1.54, 1.807) is 70.2 Å². The molecule has 1 aliphatic carbocycles. The lowest BCUT2D eigenvalue weighted by atomic mass is 9.88. The molecule has 0 radical (unpaired) electrons. The summed E-state index contributed by atoms with van der Waals surface area (Å²) < 4.78 is 34.8. The number of hydrogen-bond acceptors (Lipinski definition) is 18. The van der Waals surface area contributed by atoms with E-state index in [2.05, 4.69) is 21.3 Å². The molecule has 7 amide bonds. The summed E-state index contributed by atoms with van der Waals surface area (Å²) in [6.07, 6.45) is 1.71. The highest BCUT2D eigenvalue weighted by atomic mass is 16.6. The fraction of sp³-hybridized carbons (Fsp3) is 0.515. The lowest BCUT2D eigenvalue weighted by Crippen LogP contribution is -2.55. The third-order valence-corrected chi connectivity index (χ3v) is 17.2. The number of fused-ring (bicyclic) bond motifs is 3. The monoisotopic (exact) mass is 1290 g/mol. The number of hydrogen-bond donors (Lipinski definition) is 8. The number of piperazine rings is 1. The first-order chi connectivity index (χ1) is 44.0. The van der Waals surface area contributed by atoms with Crippen molar-refractivity contribution in [3.05, 3.63) is 125 Å². The smallest absolute Gasteiger partial charge is 0.410 e. The molecule has 0 saturated carbocycles. The number of ether oxygens (including phenoxy) is 6. The maximum Gasteiger partial charge on any atom is 0.410 e. The van der Waals surface area contributed by atoms with Crippen LogP contribution in [-0.4, -0.2) is 178 Å². The molecule has 4 aliphatic rings. The molecule has 0 aromatic heterocycles. The summed E-state index contributed by atoms with van der Waals surface area (Å²) in [5.74, 6) is -5.41. The molecule has 3 aromatic rings. The van der Waals surface area contributed by atoms with Crippen molar-refractivity contribution in [1.29, 1.82) is 0 Å². The van der Waals surface area contributed by atoms with Crippen LogP contribution in [0.15, 0.2) is 109 Å². The minimum atomic E-state index is -1.51. The number of rotatable bonds is 23. The maximum absolute atomic E-state index is 14.0. The van der Waals surface area contributed by atoms with Crippen molar-refractivity contribution in [1.82, 2.24) is 25.8 Å². The number of epoxide rings is 1. The standard InChI is InChI=1S/C68H89N7O18/c1-10-54(78)41(4)60-55(90-60)36-67(8,87)28-15-16-39(2)59-40(3)21-26-56(68(9,93-44(7)76)29-27-47(77)34-58(80)92-59)91-66(86)75-32-30-74(31-33-75)65(85)89-37-45-22-24-46(25-23-45)72-63(83)53(35-57(69)79)73-62(82)42(5)70-61(81)43(6)71-64(84)88-38-52-50-19-13-11-17-48(50)49-18-12-14-20-51(49)52/h11-26,28,40-43,47,52-56,59-60,77-78,87H,10,27,29-38H2,1-9H3,(H2,69,79)(H,70,81)(H,71,84)(H,72,83)(H,73,82)/b26-21-,28-15+,39-16+/t40-,41+,42-,43-,47+,53-,54-,55+,56-,59+,60+,67-,68+/m0/s1. The zero-order chi connectivity index (χ0) is 67.9. The Kier molecular flexibility index (Phi) is 24.9. The third-order valence-electron chi connectivity index (χ3n) is 17.2. The molecule has 25 heteroatoms. The average Bonchev–Trinajstić information content (AvgIpc) is 1.64. The van der Waals surface area contributed by atoms with Crippen molar-refractivity contribution in [2.24, 2.45) is 17.6 Å². The number of amides is 7. The van der Waals surface area contributed by atoms with Crippen LogP contribution in [-0.2, 0) is 63.8 Å². The van der Waals surface area contributed by atoms with Crippen LogP contribution in [0, 0.1) is 11.8 Å². The predicted molar refractivity (Wildman–Crippen MR) is 340 cm³/mol. The van der Waals surface area contributed by atoms with Crippen molar-refractivity contribution >= 4 is 59.5 Å². The Labute approximate surface area is 541 Å². The zero-order valence-corrected chi connectivity index (χ0v) is 54.2. The molecule has 9 N–H and O–H groups in total. The number of cyclic esters (lactones) is 1. The van der Waals surface area contributed by atoms with Gasteiger partial charge >= 0.3 is 30.2 Å². The van der Waals surface area contributed by atoms with E-state index in [9.17, 15) is 58.5 Å². The minimum Gasteiger partial charge on any atom is -0.457 e. The summed E-state index contributed by atoms with van der Waals surface area (Å²) in [4.78, 5) is 121. The van der Waals surface area contributed by atoms with Gasteiger partial charge in [-0.3, -0.25) is 28.8 Å². The van der Waals surface area contributed by atoms with E-state index in [1.165, 1.54) is 42.7 Å². The molecule has 13 atom stereocenters. The highest BCUT2D eigenvalue weighted by Gasteiger charge is 2.48. The van der Waals surface area contributed by atoms with Gasteiger partial charge < -0.3 is 80.5 Å². The Balaban J connectivity index is 0.871. The topological polar surface area (TPSA) is 354 Å². The van der Waals surface area contributed by atoms with E-state index in [0.29, 0.717) is 24.0 Å². The van der Waals surface area contributed by atoms with Gasteiger partial charge in [-0.1, -0.05) is 106 Å². The number of nitrogens with one attached hydrogen (secondary N) is 4. The van der Waals surface area contributed by atoms with E-state index in [-0.39, 0.29) is 88.4 Å². The Bertz CT molecular complexity index is 3230. The second kappa shape index (κ2) is 32.3. The van der Waals surface area contributed by atoms with Crippen molar-refractivity contribution in [2.75, 3.05) is 38.1 Å². The average molecular weight is 1290 g/mol. The second-order valence-corrected chi connectivity index (χ2v) is 24.9. The van der Waals surface area contributed by atoms with Gasteiger partial charge in [-0.05, 0) is 105 Å². The van der Waals surface area contributed by atoms with Crippen LogP contribution in [0.3, 0.4) is 0 Å². The van der Waals surface area contributed by atoms with E-state index in [4.69, 9.17) is 34.2 Å². The van der Waals surface area contributed by atoms with E-state index in [0.717, 1.165) is 22.3 Å². The number of anilines is 1. The summed E-state index contributed by atoms with van der Waals surface area (Å²) >= 11 is 0. The van der Waals surface area contributed by atoms with E-state index < -0.39 is 120 Å². The van der Waals surface area contributed by atoms with E-state index >= 15 is 0 Å². The molecule has 25 nitrogen and oxygen atoms in total. The van der Waals surface area contributed by atoms with Gasteiger partial charge in [-0.25, -0.2) is 14.4 Å². The van der Waals surface area contributed by atoms with Crippen LogP contribution in [0.4, 0.5) is 20.1 Å². The first-order valence-electron chi connectivity index (χ1n) is 31.5. The number of aliphatic hydroxyl groups is 3. The summed E-state index contributed by atoms with van der Waals surface area (Å²) in [6, 6.07) is 18.1. The van der Waals surface area contributed by atoms with Gasteiger partial charge in [0.1, 0.15) is 43.0 Å². The predicted octanol–water partition coefficient (Wildman–Crippen LogP) is 5.97. The van der Waals surface area contributed by atoms with Crippen LogP contribution in [0.2, 0.25) is 0 Å². The summed E-state index contributed by atoms with van der Waals surface area (Å²) in [7, 11) is 0. The van der Waals surface area contributed by atoms with Crippen LogP contribution in [0.5, 0.6) is 0 Å². The maximum atomic E-state index is 14.0. The Morgan fingerprint density at radius 1 is 0.828 bits per heavy atom. The Hall–Kier alpha value is -8.65. The molecule has 93 heavy (non-hydrogen) atoms. The zero-order valence-electron chi connectivity index (χ0n) is 54.2. The van der Waals surface area contributed by atoms with Crippen LogP contribution in [0.1, 0.15) is 123 Å². The van der Waals surface area contributed by atoms with Crippen molar-refractivity contribution in [3.63, 3.8) is 0 Å². The number of nitrogens with zero attached hydrogens (tertiary/aromatic N) is 2. The van der Waals surface area contributed by atoms with Gasteiger partial charge in [0.15, 0.2) is 6.10 Å². The highest BCUT2D eigenvalue weighted by molar-refractivity contribution is 6.00. The fourth-order valence-corrected chi connectivity index (χ4v) is 11.6. The molecule has 7 rings (SSSR count). The second-order valence-electron chi connectivity index (χ2n) is 24.9. The molecule has 0 spiro atoms. The van der Waals surface area contributed by atoms with Crippen molar-refractivity contribution in [3.8, 4) is 11.1 Å². The highest BCUT2D eigenvalue weighted by Crippen LogP contribution is 2.45. The molecule has 0 bridgehead atoms. The first kappa shape index (κ1) is 71.8. The molecule has 3 heterocycles. The fourth-order valence-electron chi connectivity index (χ4n) is 11.6.